The molecule has 0 amide bonds. The summed E-state index contributed by atoms with van der Waals surface area (Å²) in [6.07, 6.45) is 0. The van der Waals surface area contributed by atoms with Gasteiger partial charge < -0.3 is 14.8 Å². The molecule has 4 aromatic rings. The van der Waals surface area contributed by atoms with Crippen molar-refractivity contribution in [1.29, 1.82) is 0 Å². The third kappa shape index (κ3) is 3.78. The van der Waals surface area contributed by atoms with Gasteiger partial charge in [0.1, 0.15) is 11.8 Å². The number of benzene rings is 3. The molecular formula is C21H16ClN3O2. The Morgan fingerprint density at radius 2 is 1.56 bits per heavy atom. The standard InChI is InChI=1S/C21H16ClN3O2/c22-18-9-5-4-8-17(18)20-24-25-21(27-20)19(14-6-2-1-3-7-14)23-15-10-12-16(26)13-11-15/h1-13,19,23,26H/t19-/m0/s1. The van der Waals surface area contributed by atoms with Gasteiger partial charge in [-0.15, -0.1) is 10.2 Å². The zero-order valence-corrected chi connectivity index (χ0v) is 15.0. The van der Waals surface area contributed by atoms with Gasteiger partial charge in [0.25, 0.3) is 0 Å². The van der Waals surface area contributed by atoms with Gasteiger partial charge in [0.2, 0.25) is 11.8 Å². The molecule has 0 radical (unpaired) electrons. The van der Waals surface area contributed by atoms with Crippen LogP contribution in [0.5, 0.6) is 5.75 Å². The molecule has 0 fully saturated rings. The molecule has 1 atom stereocenters. The van der Waals surface area contributed by atoms with Crippen LogP contribution in [-0.2, 0) is 0 Å². The lowest BCUT2D eigenvalue weighted by Crippen LogP contribution is -2.12. The van der Waals surface area contributed by atoms with E-state index in [1.807, 2.05) is 48.5 Å². The van der Waals surface area contributed by atoms with Crippen LogP contribution in [0.1, 0.15) is 17.5 Å². The maximum absolute atomic E-state index is 9.50. The monoisotopic (exact) mass is 377 g/mol. The van der Waals surface area contributed by atoms with Crippen molar-refractivity contribution >= 4 is 17.3 Å². The number of hydrogen-bond acceptors (Lipinski definition) is 5. The van der Waals surface area contributed by atoms with E-state index < -0.39 is 0 Å². The summed E-state index contributed by atoms with van der Waals surface area (Å²) >= 11 is 6.24. The minimum Gasteiger partial charge on any atom is -0.508 e. The van der Waals surface area contributed by atoms with Crippen molar-refractivity contribution in [2.45, 2.75) is 6.04 Å². The molecule has 3 aromatic carbocycles. The summed E-state index contributed by atoms with van der Waals surface area (Å²) in [5.41, 5.74) is 2.48. The molecule has 1 aromatic heterocycles. The molecular weight excluding hydrogens is 362 g/mol. The predicted molar refractivity (Wildman–Crippen MR) is 105 cm³/mol. The van der Waals surface area contributed by atoms with E-state index in [0.717, 1.165) is 11.3 Å². The summed E-state index contributed by atoms with van der Waals surface area (Å²) in [5, 5.41) is 21.8. The van der Waals surface area contributed by atoms with E-state index in [-0.39, 0.29) is 11.8 Å². The minimum atomic E-state index is -0.348. The van der Waals surface area contributed by atoms with Crippen LogP contribution in [-0.4, -0.2) is 15.3 Å². The predicted octanol–water partition coefficient (Wildman–Crippen LogP) is 5.30. The molecule has 0 aliphatic carbocycles. The van der Waals surface area contributed by atoms with Crippen LogP contribution in [0.15, 0.2) is 83.3 Å². The van der Waals surface area contributed by atoms with Crippen LogP contribution in [0.25, 0.3) is 11.5 Å². The number of aromatic hydroxyl groups is 1. The molecule has 0 bridgehead atoms. The molecule has 0 saturated carbocycles. The Bertz CT molecular complexity index is 1030. The highest BCUT2D eigenvalue weighted by molar-refractivity contribution is 6.33. The van der Waals surface area contributed by atoms with Gasteiger partial charge in [0.05, 0.1) is 10.6 Å². The molecule has 134 valence electrons. The number of rotatable bonds is 5. The first-order valence-electron chi connectivity index (χ1n) is 8.39. The Hall–Kier alpha value is -3.31. The molecule has 0 unspecified atom stereocenters. The van der Waals surface area contributed by atoms with Crippen molar-refractivity contribution in [3.63, 3.8) is 0 Å². The lowest BCUT2D eigenvalue weighted by atomic mass is 10.1. The lowest BCUT2D eigenvalue weighted by molar-refractivity contribution is 0.475. The average Bonchev–Trinajstić information content (AvgIpc) is 3.18. The number of hydrogen-bond donors (Lipinski definition) is 2. The van der Waals surface area contributed by atoms with Crippen molar-refractivity contribution in [2.24, 2.45) is 0 Å². The van der Waals surface area contributed by atoms with E-state index in [2.05, 4.69) is 15.5 Å². The van der Waals surface area contributed by atoms with E-state index >= 15 is 0 Å². The van der Waals surface area contributed by atoms with Gasteiger partial charge in [0, 0.05) is 5.69 Å². The van der Waals surface area contributed by atoms with Crippen LogP contribution < -0.4 is 5.32 Å². The Balaban J connectivity index is 1.71. The number of phenols is 1. The van der Waals surface area contributed by atoms with Gasteiger partial charge in [-0.25, -0.2) is 0 Å². The van der Waals surface area contributed by atoms with Crippen molar-refractivity contribution < 1.29 is 9.52 Å². The zero-order valence-electron chi connectivity index (χ0n) is 14.2. The van der Waals surface area contributed by atoms with Gasteiger partial charge in [-0.05, 0) is 42.0 Å². The van der Waals surface area contributed by atoms with E-state index in [9.17, 15) is 5.11 Å². The minimum absolute atomic E-state index is 0.204. The smallest absolute Gasteiger partial charge is 0.249 e. The Labute approximate surface area is 161 Å². The second-order valence-electron chi connectivity index (χ2n) is 5.96. The molecule has 0 aliphatic rings. The molecule has 0 spiro atoms. The second kappa shape index (κ2) is 7.51. The zero-order chi connectivity index (χ0) is 18.6. The molecule has 5 nitrogen and oxygen atoms in total. The summed E-state index contributed by atoms with van der Waals surface area (Å²) in [4.78, 5) is 0. The molecule has 2 N–H and O–H groups in total. The summed E-state index contributed by atoms with van der Waals surface area (Å²) in [6.45, 7) is 0. The highest BCUT2D eigenvalue weighted by Gasteiger charge is 2.22. The first-order chi connectivity index (χ1) is 13.2. The van der Waals surface area contributed by atoms with Gasteiger partial charge in [-0.3, -0.25) is 0 Å². The first kappa shape index (κ1) is 17.1. The maximum atomic E-state index is 9.50. The number of anilines is 1. The third-order valence-electron chi connectivity index (χ3n) is 4.10. The Kier molecular flexibility index (Phi) is 4.77. The fourth-order valence-electron chi connectivity index (χ4n) is 2.75. The molecule has 1 heterocycles. The summed E-state index contributed by atoms with van der Waals surface area (Å²) in [6, 6.07) is 23.6. The summed E-state index contributed by atoms with van der Waals surface area (Å²) < 4.78 is 5.94. The number of phenolic OH excluding ortho intramolecular Hbond substituents is 1. The molecule has 6 heteroatoms. The molecule has 4 rings (SSSR count). The number of halogens is 1. The third-order valence-corrected chi connectivity index (χ3v) is 4.43. The van der Waals surface area contributed by atoms with Crippen LogP contribution in [0.4, 0.5) is 5.69 Å². The highest BCUT2D eigenvalue weighted by Crippen LogP contribution is 2.31. The van der Waals surface area contributed by atoms with Crippen LogP contribution in [0.3, 0.4) is 0 Å². The average molecular weight is 378 g/mol. The Morgan fingerprint density at radius 3 is 2.30 bits per heavy atom. The Morgan fingerprint density at radius 1 is 0.852 bits per heavy atom. The largest absolute Gasteiger partial charge is 0.508 e. The second-order valence-corrected chi connectivity index (χ2v) is 6.37. The molecule has 0 saturated heterocycles. The van der Waals surface area contributed by atoms with Crippen LogP contribution >= 0.6 is 11.6 Å². The van der Waals surface area contributed by atoms with E-state index in [1.54, 1.807) is 30.3 Å². The maximum Gasteiger partial charge on any atom is 0.249 e. The molecule has 0 aliphatic heterocycles. The fourth-order valence-corrected chi connectivity index (χ4v) is 2.97. The fraction of sp³-hybridized carbons (Fsp3) is 0.0476. The van der Waals surface area contributed by atoms with Crippen LogP contribution in [0.2, 0.25) is 5.02 Å². The topological polar surface area (TPSA) is 71.2 Å². The SMILES string of the molecule is Oc1ccc(N[C@@H](c2ccccc2)c2nnc(-c3ccccc3Cl)o2)cc1. The van der Waals surface area contributed by atoms with Crippen molar-refractivity contribution in [2.75, 3.05) is 5.32 Å². The summed E-state index contributed by atoms with van der Waals surface area (Å²) in [5.74, 6) is 0.990. The van der Waals surface area contributed by atoms with E-state index in [0.29, 0.717) is 22.4 Å². The van der Waals surface area contributed by atoms with Crippen molar-refractivity contribution in [1.82, 2.24) is 10.2 Å². The van der Waals surface area contributed by atoms with Gasteiger partial charge in [-0.2, -0.15) is 0 Å². The number of nitrogens with zero attached hydrogens (tertiary/aromatic N) is 2. The normalized spacial score (nSPS) is 11.9. The summed E-state index contributed by atoms with van der Waals surface area (Å²) in [7, 11) is 0. The highest BCUT2D eigenvalue weighted by atomic mass is 35.5. The van der Waals surface area contributed by atoms with Crippen molar-refractivity contribution in [3.8, 4) is 17.2 Å². The van der Waals surface area contributed by atoms with Crippen molar-refractivity contribution in [3.05, 3.63) is 95.3 Å². The van der Waals surface area contributed by atoms with Gasteiger partial charge in [0.15, 0.2) is 0 Å². The van der Waals surface area contributed by atoms with Crippen LogP contribution in [0, 0.1) is 0 Å². The lowest BCUT2D eigenvalue weighted by Gasteiger charge is -2.17. The van der Waals surface area contributed by atoms with E-state index in [1.165, 1.54) is 0 Å². The number of aromatic nitrogens is 2. The molecule has 27 heavy (non-hydrogen) atoms. The first-order valence-corrected chi connectivity index (χ1v) is 8.77. The van der Waals surface area contributed by atoms with Gasteiger partial charge in [-0.1, -0.05) is 54.1 Å². The quantitative estimate of drug-likeness (QED) is 0.462. The van der Waals surface area contributed by atoms with E-state index in [4.69, 9.17) is 16.0 Å². The number of nitrogens with one attached hydrogen (secondary N) is 1. The van der Waals surface area contributed by atoms with Gasteiger partial charge >= 0.3 is 0 Å².